The first-order valence-electron chi connectivity index (χ1n) is 6.12. The lowest BCUT2D eigenvalue weighted by molar-refractivity contribution is 0.0691. The summed E-state index contributed by atoms with van der Waals surface area (Å²) in [5.74, 6) is -2.09. The number of nitrogens with zero attached hydrogens (tertiary/aromatic N) is 1. The van der Waals surface area contributed by atoms with Crippen LogP contribution in [0.4, 0.5) is 4.39 Å². The van der Waals surface area contributed by atoms with E-state index in [2.05, 4.69) is 10.2 Å². The molecule has 0 radical (unpaired) electrons. The summed E-state index contributed by atoms with van der Waals surface area (Å²) in [4.78, 5) is 21.6. The molecular weight excluding hydrogens is 263 g/mol. The van der Waals surface area contributed by atoms with Gasteiger partial charge in [0, 0.05) is 12.5 Å². The van der Waals surface area contributed by atoms with Crippen molar-refractivity contribution >= 4 is 5.97 Å². The molecule has 0 bridgehead atoms. The van der Waals surface area contributed by atoms with Gasteiger partial charge in [0.2, 0.25) is 0 Å². The minimum atomic E-state index is -1.32. The maximum Gasteiger partial charge on any atom is 0.338 e. The third-order valence-corrected chi connectivity index (χ3v) is 2.38. The maximum absolute atomic E-state index is 13.2. The van der Waals surface area contributed by atoms with E-state index in [-0.39, 0.29) is 11.1 Å². The SMILES string of the molecule is CC.O=C(O)c1cc(Cc2ccc(=O)[nH]n2)ccc1F. The number of aromatic nitrogens is 2. The van der Waals surface area contributed by atoms with Crippen molar-refractivity contribution in [2.75, 3.05) is 0 Å². The molecule has 2 rings (SSSR count). The second-order valence-electron chi connectivity index (χ2n) is 3.71. The summed E-state index contributed by atoms with van der Waals surface area (Å²) < 4.78 is 13.2. The fourth-order valence-corrected chi connectivity index (χ4v) is 1.53. The van der Waals surface area contributed by atoms with Gasteiger partial charge in [-0.15, -0.1) is 0 Å². The van der Waals surface area contributed by atoms with Gasteiger partial charge in [0.25, 0.3) is 5.56 Å². The zero-order valence-electron chi connectivity index (χ0n) is 11.2. The average Bonchev–Trinajstić information content (AvgIpc) is 2.45. The molecule has 1 aromatic carbocycles. The molecule has 0 aliphatic carbocycles. The molecule has 0 atom stereocenters. The van der Waals surface area contributed by atoms with Gasteiger partial charge in [-0.1, -0.05) is 19.9 Å². The van der Waals surface area contributed by atoms with Crippen molar-refractivity contribution in [3.8, 4) is 0 Å². The predicted molar refractivity (Wildman–Crippen MR) is 72.4 cm³/mol. The smallest absolute Gasteiger partial charge is 0.338 e. The van der Waals surface area contributed by atoms with Crippen molar-refractivity contribution in [2.24, 2.45) is 0 Å². The van der Waals surface area contributed by atoms with E-state index in [4.69, 9.17) is 5.11 Å². The number of halogens is 1. The zero-order valence-corrected chi connectivity index (χ0v) is 11.2. The number of hydrogen-bond donors (Lipinski definition) is 2. The highest BCUT2D eigenvalue weighted by Gasteiger charge is 2.11. The van der Waals surface area contributed by atoms with Gasteiger partial charge in [0.1, 0.15) is 5.82 Å². The molecule has 1 heterocycles. The molecule has 20 heavy (non-hydrogen) atoms. The summed E-state index contributed by atoms with van der Waals surface area (Å²) in [5.41, 5.74) is 0.479. The number of carboxylic acids is 1. The van der Waals surface area contributed by atoms with Crippen molar-refractivity contribution in [1.29, 1.82) is 0 Å². The van der Waals surface area contributed by atoms with E-state index in [1.807, 2.05) is 13.8 Å². The highest BCUT2D eigenvalue weighted by molar-refractivity contribution is 5.88. The van der Waals surface area contributed by atoms with Crippen LogP contribution in [-0.4, -0.2) is 21.3 Å². The Hall–Kier alpha value is -2.50. The number of H-pyrrole nitrogens is 1. The summed E-state index contributed by atoms with van der Waals surface area (Å²) in [6, 6.07) is 6.69. The van der Waals surface area contributed by atoms with Crippen LogP contribution in [0.25, 0.3) is 0 Å². The lowest BCUT2D eigenvalue weighted by Gasteiger charge is -2.03. The van der Waals surface area contributed by atoms with Crippen molar-refractivity contribution in [3.63, 3.8) is 0 Å². The zero-order chi connectivity index (χ0) is 15.1. The van der Waals surface area contributed by atoms with Crippen molar-refractivity contribution in [2.45, 2.75) is 20.3 Å². The predicted octanol–water partition coefficient (Wildman–Crippen LogP) is 2.22. The van der Waals surface area contributed by atoms with Crippen LogP contribution in [0.3, 0.4) is 0 Å². The number of rotatable bonds is 3. The summed E-state index contributed by atoms with van der Waals surface area (Å²) in [5, 5.41) is 14.9. The van der Waals surface area contributed by atoms with Gasteiger partial charge in [-0.3, -0.25) is 4.79 Å². The van der Waals surface area contributed by atoms with Gasteiger partial charge < -0.3 is 5.11 Å². The molecule has 106 valence electrons. The molecule has 2 N–H and O–H groups in total. The molecule has 0 amide bonds. The molecule has 0 unspecified atom stereocenters. The number of carboxylic acid groups (broad SMARTS) is 1. The molecule has 0 fully saturated rings. The van der Waals surface area contributed by atoms with E-state index in [9.17, 15) is 14.0 Å². The Labute approximate surface area is 115 Å². The first kappa shape index (κ1) is 15.6. The first-order valence-corrected chi connectivity index (χ1v) is 6.12. The molecule has 0 spiro atoms. The van der Waals surface area contributed by atoms with Crippen LogP contribution in [0.1, 0.15) is 35.5 Å². The first-order chi connectivity index (χ1) is 9.56. The Kier molecular flexibility index (Phi) is 5.58. The molecule has 0 aliphatic heterocycles. The minimum Gasteiger partial charge on any atom is -0.478 e. The topological polar surface area (TPSA) is 83.0 Å². The lowest BCUT2D eigenvalue weighted by Crippen LogP contribution is -2.08. The van der Waals surface area contributed by atoms with Crippen LogP contribution in [0.5, 0.6) is 0 Å². The monoisotopic (exact) mass is 278 g/mol. The molecule has 5 nitrogen and oxygen atoms in total. The normalized spacial score (nSPS) is 9.55. The lowest BCUT2D eigenvalue weighted by atomic mass is 10.1. The van der Waals surface area contributed by atoms with E-state index in [1.165, 1.54) is 24.3 Å². The number of aromatic carboxylic acids is 1. The largest absolute Gasteiger partial charge is 0.478 e. The van der Waals surface area contributed by atoms with Gasteiger partial charge in [-0.25, -0.2) is 14.3 Å². The molecule has 1 aromatic heterocycles. The summed E-state index contributed by atoms with van der Waals surface area (Å²) >= 11 is 0. The third-order valence-electron chi connectivity index (χ3n) is 2.38. The van der Waals surface area contributed by atoms with Gasteiger partial charge in [-0.05, 0) is 23.8 Å². The average molecular weight is 278 g/mol. The third kappa shape index (κ3) is 4.01. The van der Waals surface area contributed by atoms with Crippen LogP contribution in [0.15, 0.2) is 35.1 Å². The van der Waals surface area contributed by atoms with Crippen LogP contribution in [0.2, 0.25) is 0 Å². The second kappa shape index (κ2) is 7.18. The van der Waals surface area contributed by atoms with Crippen LogP contribution < -0.4 is 5.56 Å². The molecule has 0 saturated heterocycles. The minimum absolute atomic E-state index is 0.316. The maximum atomic E-state index is 13.2. The van der Waals surface area contributed by atoms with Crippen molar-refractivity contribution in [3.05, 3.63) is 63.3 Å². The standard InChI is InChI=1S/C12H9FN2O3.C2H6/c13-10-3-1-7(6-9(10)12(17)18)5-8-2-4-11(16)15-14-8;1-2/h1-4,6H,5H2,(H,15,16)(H,17,18);1-2H3. The number of hydrogen-bond acceptors (Lipinski definition) is 3. The molecular formula is C14H15FN2O3. The molecule has 2 aromatic rings. The fraction of sp³-hybridized carbons (Fsp3) is 0.214. The van der Waals surface area contributed by atoms with Crippen LogP contribution >= 0.6 is 0 Å². The Bertz CT molecular complexity index is 633. The van der Waals surface area contributed by atoms with Gasteiger partial charge in [0.15, 0.2) is 0 Å². The Morgan fingerprint density at radius 2 is 2.00 bits per heavy atom. The Balaban J connectivity index is 0.000000956. The highest BCUT2D eigenvalue weighted by atomic mass is 19.1. The fourth-order valence-electron chi connectivity index (χ4n) is 1.53. The summed E-state index contributed by atoms with van der Waals surface area (Å²) in [6.07, 6.45) is 0.317. The van der Waals surface area contributed by atoms with Crippen molar-refractivity contribution < 1.29 is 14.3 Å². The van der Waals surface area contributed by atoms with E-state index >= 15 is 0 Å². The Morgan fingerprint density at radius 3 is 2.55 bits per heavy atom. The molecule has 0 saturated carbocycles. The number of carbonyl (C=O) groups is 1. The van der Waals surface area contributed by atoms with Gasteiger partial charge >= 0.3 is 5.97 Å². The van der Waals surface area contributed by atoms with Crippen LogP contribution in [0, 0.1) is 5.82 Å². The summed E-state index contributed by atoms with van der Waals surface area (Å²) in [7, 11) is 0. The van der Waals surface area contributed by atoms with E-state index in [0.717, 1.165) is 6.07 Å². The number of benzene rings is 1. The van der Waals surface area contributed by atoms with E-state index in [0.29, 0.717) is 17.7 Å². The number of nitrogens with one attached hydrogen (secondary N) is 1. The van der Waals surface area contributed by atoms with Gasteiger partial charge in [0.05, 0.1) is 11.3 Å². The van der Waals surface area contributed by atoms with E-state index in [1.54, 1.807) is 0 Å². The molecule has 6 heteroatoms. The highest BCUT2D eigenvalue weighted by Crippen LogP contribution is 2.13. The van der Waals surface area contributed by atoms with Gasteiger partial charge in [-0.2, -0.15) is 5.10 Å². The summed E-state index contributed by atoms with van der Waals surface area (Å²) in [6.45, 7) is 4.00. The molecule has 0 aliphatic rings. The van der Waals surface area contributed by atoms with E-state index < -0.39 is 11.8 Å². The van der Waals surface area contributed by atoms with Crippen LogP contribution in [-0.2, 0) is 6.42 Å². The quantitative estimate of drug-likeness (QED) is 0.901. The Morgan fingerprint density at radius 1 is 1.30 bits per heavy atom. The van der Waals surface area contributed by atoms with Crippen molar-refractivity contribution in [1.82, 2.24) is 10.2 Å². The second-order valence-corrected chi connectivity index (χ2v) is 3.71. The number of aromatic amines is 1.